The lowest BCUT2D eigenvalue weighted by Gasteiger charge is -2.09. The molecule has 0 saturated heterocycles. The van der Waals surface area contributed by atoms with E-state index in [0.717, 1.165) is 16.3 Å². The van der Waals surface area contributed by atoms with E-state index in [1.165, 1.54) is 0 Å². The summed E-state index contributed by atoms with van der Waals surface area (Å²) in [7, 11) is 3.12. The fraction of sp³-hybridized carbons (Fsp3) is 0.333. The minimum absolute atomic E-state index is 0.443. The van der Waals surface area contributed by atoms with Gasteiger partial charge in [-0.1, -0.05) is 11.7 Å². The highest BCUT2D eigenvalue weighted by atomic mass is 16.5. The van der Waals surface area contributed by atoms with E-state index in [9.17, 15) is 0 Å². The molecular formula is C18H22N6O3. The van der Waals surface area contributed by atoms with Gasteiger partial charge in [0.15, 0.2) is 11.6 Å². The van der Waals surface area contributed by atoms with Gasteiger partial charge in [0.2, 0.25) is 17.7 Å². The quantitative estimate of drug-likeness (QED) is 0.636. The number of aromatic nitrogens is 5. The van der Waals surface area contributed by atoms with Gasteiger partial charge in [-0.15, -0.1) is 0 Å². The maximum absolute atomic E-state index is 5.21. The molecule has 9 heteroatoms. The summed E-state index contributed by atoms with van der Waals surface area (Å²) in [6.45, 7) is 8.74. The summed E-state index contributed by atoms with van der Waals surface area (Å²) < 4.78 is 17.4. The Labute approximate surface area is 156 Å². The smallest absolute Gasteiger partial charge is 0.223 e. The molecule has 27 heavy (non-hydrogen) atoms. The van der Waals surface area contributed by atoms with Gasteiger partial charge in [0.1, 0.15) is 0 Å². The summed E-state index contributed by atoms with van der Waals surface area (Å²) in [5.74, 6) is 2.61. The van der Waals surface area contributed by atoms with Gasteiger partial charge in [-0.25, -0.2) is 0 Å². The minimum atomic E-state index is 0.443. The Kier molecular flexibility index (Phi) is 5.39. The van der Waals surface area contributed by atoms with Gasteiger partial charge >= 0.3 is 0 Å². The monoisotopic (exact) mass is 370 g/mol. The second-order valence-corrected chi connectivity index (χ2v) is 5.89. The largest absolute Gasteiger partial charge is 0.481 e. The Balaban J connectivity index is 1.89. The molecule has 0 atom stereocenters. The first-order valence-corrected chi connectivity index (χ1v) is 8.34. The van der Waals surface area contributed by atoms with Crippen LogP contribution < -0.4 is 25.4 Å². The molecule has 0 saturated carbocycles. The predicted octanol–water partition coefficient (Wildman–Crippen LogP) is 0.363. The molecule has 0 radical (unpaired) electrons. The van der Waals surface area contributed by atoms with Crippen LogP contribution in [-0.4, -0.2) is 38.9 Å². The van der Waals surface area contributed by atoms with E-state index < -0.39 is 0 Å². The van der Waals surface area contributed by atoms with Gasteiger partial charge < -0.3 is 23.9 Å². The fourth-order valence-electron chi connectivity index (χ4n) is 2.70. The molecule has 0 amide bonds. The van der Waals surface area contributed by atoms with Crippen molar-refractivity contribution in [1.29, 1.82) is 0 Å². The van der Waals surface area contributed by atoms with Crippen molar-refractivity contribution in [2.75, 3.05) is 14.2 Å². The van der Waals surface area contributed by atoms with Crippen LogP contribution in [0.15, 0.2) is 22.9 Å². The minimum Gasteiger partial charge on any atom is -0.481 e. The first-order valence-electron chi connectivity index (χ1n) is 8.34. The van der Waals surface area contributed by atoms with E-state index in [2.05, 4.69) is 32.0 Å². The molecule has 0 spiro atoms. The first-order chi connectivity index (χ1) is 13.0. The van der Waals surface area contributed by atoms with E-state index in [0.29, 0.717) is 42.4 Å². The van der Waals surface area contributed by atoms with Gasteiger partial charge in [-0.05, 0) is 18.2 Å². The molecule has 0 fully saturated rings. The molecule has 3 rings (SSSR count). The molecule has 0 aliphatic rings. The Morgan fingerprint density at radius 2 is 1.89 bits per heavy atom. The highest BCUT2D eigenvalue weighted by molar-refractivity contribution is 5.38. The van der Waals surface area contributed by atoms with Gasteiger partial charge in [0.25, 0.3) is 0 Å². The molecule has 0 aliphatic carbocycles. The molecule has 0 unspecified atom stereocenters. The fourth-order valence-corrected chi connectivity index (χ4v) is 2.70. The number of nitrogens with one attached hydrogen (secondary N) is 1. The van der Waals surface area contributed by atoms with Crippen LogP contribution in [0.2, 0.25) is 0 Å². The number of aryl methyl sites for hydroxylation is 1. The second kappa shape index (κ2) is 7.90. The number of hydrogen-bond acceptors (Lipinski definition) is 8. The van der Waals surface area contributed by atoms with Crippen LogP contribution >= 0.6 is 0 Å². The average molecular weight is 370 g/mol. The summed E-state index contributed by atoms with van der Waals surface area (Å²) in [4.78, 5) is 13.0. The number of rotatable bonds is 7. The molecule has 0 aromatic carbocycles. The number of nitrogens with zero attached hydrogens (tertiary/aromatic N) is 5. The first kappa shape index (κ1) is 18.4. The van der Waals surface area contributed by atoms with Crippen molar-refractivity contribution in [3.05, 3.63) is 46.4 Å². The molecule has 1 N–H and O–H groups in total. The summed E-state index contributed by atoms with van der Waals surface area (Å²) >= 11 is 0. The van der Waals surface area contributed by atoms with Crippen molar-refractivity contribution in [2.24, 2.45) is 0 Å². The Hall–Kier alpha value is -3.36. The standard InChI is InChI=1S/C18H22N6O3/c1-11-6-7-24(10-15-21-16(25-4)8-17(22-15)26-5)18(11)12(2)19-9-14-20-13(3)27-23-14/h6-8,19H,1,9-10H2,2-5H3/b18-12-. The third kappa shape index (κ3) is 4.25. The van der Waals surface area contributed by atoms with Gasteiger partial charge in [-0.3, -0.25) is 0 Å². The molecule has 0 bridgehead atoms. The van der Waals surface area contributed by atoms with Crippen LogP contribution in [0.4, 0.5) is 0 Å². The van der Waals surface area contributed by atoms with E-state index in [4.69, 9.17) is 14.0 Å². The van der Waals surface area contributed by atoms with Crippen LogP contribution in [0.1, 0.15) is 24.5 Å². The van der Waals surface area contributed by atoms with Crippen molar-refractivity contribution < 1.29 is 14.0 Å². The van der Waals surface area contributed by atoms with Gasteiger partial charge in [0.05, 0.1) is 38.7 Å². The highest BCUT2D eigenvalue weighted by Gasteiger charge is 2.09. The summed E-state index contributed by atoms with van der Waals surface area (Å²) in [6, 6.07) is 3.58. The second-order valence-electron chi connectivity index (χ2n) is 5.89. The zero-order chi connectivity index (χ0) is 19.4. The summed E-state index contributed by atoms with van der Waals surface area (Å²) in [5, 5.41) is 9.03. The number of hydrogen-bond donors (Lipinski definition) is 1. The maximum Gasteiger partial charge on any atom is 0.223 e. The topological polar surface area (TPSA) is 100 Å². The van der Waals surface area contributed by atoms with Crippen LogP contribution in [0, 0.1) is 6.92 Å². The lowest BCUT2D eigenvalue weighted by Crippen LogP contribution is -2.34. The SMILES string of the molecule is C=c1ccn(Cc2nc(OC)cc(OC)n2)/c1=C(/C)NCc1noc(C)n1. The average Bonchev–Trinajstić information content (AvgIpc) is 3.24. The van der Waals surface area contributed by atoms with Gasteiger partial charge in [-0.2, -0.15) is 15.0 Å². The molecule has 3 aromatic rings. The van der Waals surface area contributed by atoms with E-state index in [1.54, 1.807) is 27.2 Å². The molecular weight excluding hydrogens is 348 g/mol. The van der Waals surface area contributed by atoms with Crippen LogP contribution in [-0.2, 0) is 13.1 Å². The molecule has 3 aromatic heterocycles. The third-order valence-corrected chi connectivity index (χ3v) is 3.94. The predicted molar refractivity (Wildman–Crippen MR) is 98.4 cm³/mol. The number of methoxy groups -OCH3 is 2. The Morgan fingerprint density at radius 1 is 1.19 bits per heavy atom. The van der Waals surface area contributed by atoms with Crippen molar-refractivity contribution in [3.63, 3.8) is 0 Å². The van der Waals surface area contributed by atoms with Crippen molar-refractivity contribution >= 4 is 12.3 Å². The van der Waals surface area contributed by atoms with Crippen molar-refractivity contribution in [1.82, 2.24) is 30.0 Å². The third-order valence-electron chi connectivity index (χ3n) is 3.94. The maximum atomic E-state index is 5.21. The lowest BCUT2D eigenvalue weighted by molar-refractivity contribution is 0.367. The van der Waals surface area contributed by atoms with Gasteiger partial charge in [0, 0.05) is 18.8 Å². The van der Waals surface area contributed by atoms with Crippen LogP contribution in [0.25, 0.3) is 12.3 Å². The zero-order valence-electron chi connectivity index (χ0n) is 15.8. The normalized spacial score (nSPS) is 12.0. The zero-order valence-corrected chi connectivity index (χ0v) is 15.8. The Morgan fingerprint density at radius 3 is 2.48 bits per heavy atom. The molecule has 0 aliphatic heterocycles. The van der Waals surface area contributed by atoms with Crippen LogP contribution in [0.5, 0.6) is 11.8 Å². The van der Waals surface area contributed by atoms with E-state index in [1.807, 2.05) is 23.8 Å². The lowest BCUT2D eigenvalue weighted by atomic mass is 10.3. The Bertz CT molecular complexity index is 1020. The van der Waals surface area contributed by atoms with Crippen molar-refractivity contribution in [2.45, 2.75) is 26.9 Å². The molecule has 3 heterocycles. The summed E-state index contributed by atoms with van der Waals surface area (Å²) in [5.41, 5.74) is 0.933. The number of ether oxygens (including phenoxy) is 2. The van der Waals surface area contributed by atoms with Crippen molar-refractivity contribution in [3.8, 4) is 11.8 Å². The highest BCUT2D eigenvalue weighted by Crippen LogP contribution is 2.14. The molecule has 9 nitrogen and oxygen atoms in total. The van der Waals surface area contributed by atoms with E-state index >= 15 is 0 Å². The molecule has 142 valence electrons. The van der Waals surface area contributed by atoms with E-state index in [-0.39, 0.29) is 0 Å². The van der Waals surface area contributed by atoms with Crippen LogP contribution in [0.3, 0.4) is 0 Å². The summed E-state index contributed by atoms with van der Waals surface area (Å²) in [6.07, 6.45) is 1.94.